The molecule has 2 heterocycles. The van der Waals surface area contributed by atoms with Crippen LogP contribution in [0.3, 0.4) is 0 Å². The predicted octanol–water partition coefficient (Wildman–Crippen LogP) is 2.17. The Labute approximate surface area is 139 Å². The lowest BCUT2D eigenvalue weighted by Crippen LogP contribution is -2.64. The number of piperazine rings is 1. The molecule has 0 bridgehead atoms. The smallest absolute Gasteiger partial charge is 0.257 e. The number of H-pyrrole nitrogens is 1. The molecule has 1 saturated heterocycles. The maximum atomic E-state index is 13.8. The van der Waals surface area contributed by atoms with Crippen molar-refractivity contribution < 1.29 is 14.0 Å². The van der Waals surface area contributed by atoms with Crippen LogP contribution in [0.5, 0.6) is 0 Å². The van der Waals surface area contributed by atoms with Gasteiger partial charge in [0, 0.05) is 19.6 Å². The molecule has 2 aromatic rings. The summed E-state index contributed by atoms with van der Waals surface area (Å²) >= 11 is 0. The van der Waals surface area contributed by atoms with Gasteiger partial charge in [0.15, 0.2) is 0 Å². The summed E-state index contributed by atoms with van der Waals surface area (Å²) in [7, 11) is 0. The molecule has 2 amide bonds. The molecule has 0 radical (unpaired) electrons. The molecular formula is C17H21FN4O2. The zero-order chi connectivity index (χ0) is 17.5. The summed E-state index contributed by atoms with van der Waals surface area (Å²) in [6, 6.07) is 2.49. The Morgan fingerprint density at radius 2 is 2.12 bits per heavy atom. The minimum Gasteiger partial charge on any atom is -0.344 e. The number of rotatable bonds is 3. The van der Waals surface area contributed by atoms with Crippen molar-refractivity contribution in [3.8, 4) is 0 Å². The highest BCUT2D eigenvalue weighted by molar-refractivity contribution is 6.07. The number of halogens is 1. The van der Waals surface area contributed by atoms with Gasteiger partial charge in [0.2, 0.25) is 5.91 Å². The summed E-state index contributed by atoms with van der Waals surface area (Å²) in [4.78, 5) is 36.0. The largest absolute Gasteiger partial charge is 0.344 e. The Balaban J connectivity index is 1.97. The lowest BCUT2D eigenvalue weighted by Gasteiger charge is -2.46. The van der Waals surface area contributed by atoms with Crippen molar-refractivity contribution in [2.24, 2.45) is 0 Å². The van der Waals surface area contributed by atoms with Crippen LogP contribution < -0.4 is 0 Å². The van der Waals surface area contributed by atoms with Gasteiger partial charge in [0.1, 0.15) is 16.9 Å². The summed E-state index contributed by atoms with van der Waals surface area (Å²) in [6.45, 7) is 7.06. The molecule has 1 aromatic heterocycles. The summed E-state index contributed by atoms with van der Waals surface area (Å²) < 4.78 is 13.8. The molecule has 128 valence electrons. The number of carbonyl (C=O) groups excluding carboxylic acids is 2. The second-order valence-corrected chi connectivity index (χ2v) is 6.56. The zero-order valence-corrected chi connectivity index (χ0v) is 14.1. The predicted molar refractivity (Wildman–Crippen MR) is 88.0 cm³/mol. The van der Waals surface area contributed by atoms with Crippen LogP contribution in [0.25, 0.3) is 11.0 Å². The Morgan fingerprint density at radius 1 is 1.38 bits per heavy atom. The molecule has 1 aliphatic heterocycles. The van der Waals surface area contributed by atoms with E-state index in [1.54, 1.807) is 18.7 Å². The summed E-state index contributed by atoms with van der Waals surface area (Å²) in [5.41, 5.74) is 0.0863. The van der Waals surface area contributed by atoms with E-state index >= 15 is 0 Å². The van der Waals surface area contributed by atoms with E-state index in [1.807, 2.05) is 6.92 Å². The summed E-state index contributed by atoms with van der Waals surface area (Å²) in [5.74, 6) is -0.969. The SMILES string of the molecule is CCCN1CCN(C(=O)c2cc(F)cc3[nH]cnc23)C(C)(C)C1=O. The molecule has 0 spiro atoms. The Bertz CT molecular complexity index is 799. The van der Waals surface area contributed by atoms with Crippen LogP contribution in [0, 0.1) is 5.82 Å². The number of aromatic amines is 1. The van der Waals surface area contributed by atoms with Crippen molar-refractivity contribution in [2.75, 3.05) is 19.6 Å². The van der Waals surface area contributed by atoms with E-state index in [2.05, 4.69) is 9.97 Å². The highest BCUT2D eigenvalue weighted by Gasteiger charge is 2.44. The molecule has 1 aliphatic rings. The van der Waals surface area contributed by atoms with E-state index in [0.29, 0.717) is 30.7 Å². The first-order valence-electron chi connectivity index (χ1n) is 8.10. The standard InChI is InChI=1S/C17H21FN4O2/c1-4-5-21-6-7-22(17(2,3)16(21)24)15(23)12-8-11(18)9-13-14(12)20-10-19-13/h8-10H,4-7H2,1-3H3,(H,19,20). The van der Waals surface area contributed by atoms with Gasteiger partial charge in [-0.05, 0) is 32.4 Å². The topological polar surface area (TPSA) is 69.3 Å². The highest BCUT2D eigenvalue weighted by atomic mass is 19.1. The van der Waals surface area contributed by atoms with E-state index in [4.69, 9.17) is 0 Å². The maximum Gasteiger partial charge on any atom is 0.257 e. The fourth-order valence-corrected chi connectivity index (χ4v) is 3.27. The van der Waals surface area contributed by atoms with Gasteiger partial charge in [-0.1, -0.05) is 6.92 Å². The fourth-order valence-electron chi connectivity index (χ4n) is 3.27. The Hall–Kier alpha value is -2.44. The molecule has 3 rings (SSSR count). The first kappa shape index (κ1) is 16.4. The van der Waals surface area contributed by atoms with Crippen molar-refractivity contribution in [3.05, 3.63) is 29.8 Å². The second kappa shape index (κ2) is 5.89. The van der Waals surface area contributed by atoms with Gasteiger partial charge in [-0.3, -0.25) is 9.59 Å². The molecule has 6 nitrogen and oxygen atoms in total. The van der Waals surface area contributed by atoms with Crippen LogP contribution in [-0.4, -0.2) is 56.8 Å². The van der Waals surface area contributed by atoms with E-state index in [9.17, 15) is 14.0 Å². The minimum atomic E-state index is -0.973. The van der Waals surface area contributed by atoms with E-state index in [0.717, 1.165) is 6.42 Å². The maximum absolute atomic E-state index is 13.8. The monoisotopic (exact) mass is 332 g/mol. The molecule has 24 heavy (non-hydrogen) atoms. The van der Waals surface area contributed by atoms with Gasteiger partial charge in [0.25, 0.3) is 5.91 Å². The van der Waals surface area contributed by atoms with Gasteiger partial charge < -0.3 is 14.8 Å². The number of hydrogen-bond acceptors (Lipinski definition) is 3. The summed E-state index contributed by atoms with van der Waals surface area (Å²) in [5, 5.41) is 0. The lowest BCUT2D eigenvalue weighted by atomic mass is 9.95. The van der Waals surface area contributed by atoms with Crippen LogP contribution in [0.1, 0.15) is 37.6 Å². The number of imidazole rings is 1. The number of amides is 2. The number of nitrogens with zero attached hydrogens (tertiary/aromatic N) is 3. The quantitative estimate of drug-likeness (QED) is 0.936. The first-order chi connectivity index (χ1) is 11.4. The van der Waals surface area contributed by atoms with Crippen LogP contribution >= 0.6 is 0 Å². The lowest BCUT2D eigenvalue weighted by molar-refractivity contribution is -0.146. The third kappa shape index (κ3) is 2.53. The normalized spacial score (nSPS) is 17.6. The summed E-state index contributed by atoms with van der Waals surface area (Å²) in [6.07, 6.45) is 2.30. The number of hydrogen-bond donors (Lipinski definition) is 1. The van der Waals surface area contributed by atoms with Gasteiger partial charge in [0.05, 0.1) is 17.4 Å². The van der Waals surface area contributed by atoms with Crippen molar-refractivity contribution in [2.45, 2.75) is 32.7 Å². The van der Waals surface area contributed by atoms with Crippen molar-refractivity contribution in [3.63, 3.8) is 0 Å². The molecule has 0 unspecified atom stereocenters. The minimum absolute atomic E-state index is 0.0846. The Kier molecular flexibility index (Phi) is 4.03. The van der Waals surface area contributed by atoms with Crippen LogP contribution in [-0.2, 0) is 4.79 Å². The number of fused-ring (bicyclic) bond motifs is 1. The average Bonchev–Trinajstić information content (AvgIpc) is 2.99. The third-order valence-corrected chi connectivity index (χ3v) is 4.54. The van der Waals surface area contributed by atoms with Gasteiger partial charge in [-0.25, -0.2) is 9.37 Å². The molecule has 0 saturated carbocycles. The molecular weight excluding hydrogens is 311 g/mol. The van der Waals surface area contributed by atoms with Crippen molar-refractivity contribution in [1.29, 1.82) is 0 Å². The average molecular weight is 332 g/mol. The van der Waals surface area contributed by atoms with Crippen molar-refractivity contribution >= 4 is 22.8 Å². The van der Waals surface area contributed by atoms with Gasteiger partial charge in [-0.2, -0.15) is 0 Å². The van der Waals surface area contributed by atoms with Gasteiger partial charge >= 0.3 is 0 Å². The van der Waals surface area contributed by atoms with Crippen LogP contribution in [0.15, 0.2) is 18.5 Å². The zero-order valence-electron chi connectivity index (χ0n) is 14.1. The van der Waals surface area contributed by atoms with E-state index in [-0.39, 0.29) is 17.4 Å². The van der Waals surface area contributed by atoms with Crippen molar-refractivity contribution in [1.82, 2.24) is 19.8 Å². The first-order valence-corrected chi connectivity index (χ1v) is 8.10. The van der Waals surface area contributed by atoms with E-state index in [1.165, 1.54) is 23.4 Å². The number of aromatic nitrogens is 2. The molecule has 0 aliphatic carbocycles. The molecule has 1 N–H and O–H groups in total. The second-order valence-electron chi connectivity index (χ2n) is 6.56. The van der Waals surface area contributed by atoms with E-state index < -0.39 is 11.4 Å². The third-order valence-electron chi connectivity index (χ3n) is 4.54. The number of nitrogens with one attached hydrogen (secondary N) is 1. The highest BCUT2D eigenvalue weighted by Crippen LogP contribution is 2.27. The molecule has 7 heteroatoms. The molecule has 1 aromatic carbocycles. The number of carbonyl (C=O) groups is 2. The Morgan fingerprint density at radius 3 is 2.83 bits per heavy atom. The van der Waals surface area contributed by atoms with Crippen LogP contribution in [0.4, 0.5) is 4.39 Å². The molecule has 0 atom stereocenters. The number of benzene rings is 1. The van der Waals surface area contributed by atoms with Gasteiger partial charge in [-0.15, -0.1) is 0 Å². The van der Waals surface area contributed by atoms with Crippen LogP contribution in [0.2, 0.25) is 0 Å². The molecule has 1 fully saturated rings. The fraction of sp³-hybridized carbons (Fsp3) is 0.471.